The van der Waals surface area contributed by atoms with Crippen LogP contribution >= 0.6 is 23.1 Å². The number of carbonyl (C=O) groups is 2. The first-order valence-corrected chi connectivity index (χ1v) is 12.7. The number of hydrogen-bond acceptors (Lipinski definition) is 7. The van der Waals surface area contributed by atoms with E-state index in [0.717, 1.165) is 16.8 Å². The molecule has 2 aromatic carbocycles. The summed E-state index contributed by atoms with van der Waals surface area (Å²) >= 11 is 2.64. The maximum absolute atomic E-state index is 12.5. The number of thioether (sulfide) groups is 1. The minimum atomic E-state index is -0.189. The van der Waals surface area contributed by atoms with Crippen molar-refractivity contribution in [2.75, 3.05) is 11.1 Å². The highest BCUT2D eigenvalue weighted by Gasteiger charge is 2.16. The van der Waals surface area contributed by atoms with Gasteiger partial charge >= 0.3 is 0 Å². The van der Waals surface area contributed by atoms with Crippen LogP contribution in [0.25, 0.3) is 11.3 Å². The van der Waals surface area contributed by atoms with E-state index in [1.807, 2.05) is 65.4 Å². The van der Waals surface area contributed by atoms with Crippen molar-refractivity contribution in [1.82, 2.24) is 25.1 Å². The summed E-state index contributed by atoms with van der Waals surface area (Å²) in [5, 5.41) is 17.2. The molecule has 2 amide bonds. The molecular formula is C25H24N6O2S2. The number of hydrogen-bond donors (Lipinski definition) is 2. The number of amides is 2. The minimum absolute atomic E-state index is 0.144. The lowest BCUT2D eigenvalue weighted by Crippen LogP contribution is -2.25. The van der Waals surface area contributed by atoms with E-state index in [0.29, 0.717) is 28.2 Å². The molecule has 10 heteroatoms. The molecule has 0 unspecified atom stereocenters. The van der Waals surface area contributed by atoms with E-state index in [1.165, 1.54) is 23.1 Å². The Bertz CT molecular complexity index is 1330. The van der Waals surface area contributed by atoms with Gasteiger partial charge in [0.1, 0.15) is 0 Å². The number of nitrogens with zero attached hydrogens (tertiary/aromatic N) is 4. The summed E-state index contributed by atoms with van der Waals surface area (Å²) in [4.78, 5) is 29.5. The Hall–Kier alpha value is -3.76. The van der Waals surface area contributed by atoms with Crippen LogP contribution in [0.5, 0.6) is 0 Å². The van der Waals surface area contributed by atoms with Crippen LogP contribution in [0.3, 0.4) is 0 Å². The predicted octanol–water partition coefficient (Wildman–Crippen LogP) is 4.56. The van der Waals surface area contributed by atoms with Gasteiger partial charge in [-0.15, -0.1) is 28.1 Å². The highest BCUT2D eigenvalue weighted by Crippen LogP contribution is 2.25. The monoisotopic (exact) mass is 504 g/mol. The fourth-order valence-corrected chi connectivity index (χ4v) is 4.78. The van der Waals surface area contributed by atoms with E-state index in [4.69, 9.17) is 0 Å². The van der Waals surface area contributed by atoms with Gasteiger partial charge in [-0.05, 0) is 19.1 Å². The van der Waals surface area contributed by atoms with Crippen molar-refractivity contribution in [3.8, 4) is 11.3 Å². The molecule has 2 N–H and O–H groups in total. The zero-order chi connectivity index (χ0) is 24.6. The number of nitrogens with one attached hydrogen (secondary N) is 2. The van der Waals surface area contributed by atoms with Crippen molar-refractivity contribution in [3.05, 3.63) is 89.6 Å². The Morgan fingerprint density at radius 1 is 1.14 bits per heavy atom. The molecule has 0 bridgehead atoms. The second-order valence-corrected chi connectivity index (χ2v) is 9.39. The van der Waals surface area contributed by atoms with Crippen LogP contribution in [-0.2, 0) is 17.9 Å². The SMILES string of the molecule is C=CCn1c(CNC(=O)c2cccc(C)c2)nnc1SCC(=O)Nc1nc(-c2ccccc2)cs1. The molecule has 0 saturated carbocycles. The predicted molar refractivity (Wildman–Crippen MR) is 139 cm³/mol. The second kappa shape index (κ2) is 11.6. The molecule has 0 fully saturated rings. The third kappa shape index (κ3) is 6.43. The quantitative estimate of drug-likeness (QED) is 0.243. The molecule has 0 aliphatic rings. The van der Waals surface area contributed by atoms with E-state index in [9.17, 15) is 9.59 Å². The Kier molecular flexibility index (Phi) is 8.07. The molecule has 178 valence electrons. The number of aryl methyl sites for hydroxylation is 1. The minimum Gasteiger partial charge on any atom is -0.345 e. The molecule has 4 aromatic rings. The van der Waals surface area contributed by atoms with E-state index in [-0.39, 0.29) is 24.1 Å². The summed E-state index contributed by atoms with van der Waals surface area (Å²) in [5.41, 5.74) is 3.42. The van der Waals surface area contributed by atoms with Gasteiger partial charge in [0.05, 0.1) is 18.0 Å². The van der Waals surface area contributed by atoms with Crippen LogP contribution in [0, 0.1) is 6.92 Å². The van der Waals surface area contributed by atoms with Gasteiger partial charge in [-0.3, -0.25) is 9.59 Å². The normalized spacial score (nSPS) is 10.7. The van der Waals surface area contributed by atoms with Crippen molar-refractivity contribution in [2.45, 2.75) is 25.2 Å². The maximum Gasteiger partial charge on any atom is 0.251 e. The summed E-state index contributed by atoms with van der Waals surface area (Å²) < 4.78 is 1.83. The fourth-order valence-electron chi connectivity index (χ4n) is 3.27. The highest BCUT2D eigenvalue weighted by atomic mass is 32.2. The van der Waals surface area contributed by atoms with Gasteiger partial charge in [-0.1, -0.05) is 65.9 Å². The molecular weight excluding hydrogens is 480 g/mol. The van der Waals surface area contributed by atoms with Crippen molar-refractivity contribution in [2.24, 2.45) is 0 Å². The van der Waals surface area contributed by atoms with Gasteiger partial charge < -0.3 is 15.2 Å². The molecule has 8 nitrogen and oxygen atoms in total. The van der Waals surface area contributed by atoms with Gasteiger partial charge in [0, 0.05) is 23.1 Å². The van der Waals surface area contributed by atoms with E-state index in [2.05, 4.69) is 32.4 Å². The molecule has 0 radical (unpaired) electrons. The number of allylic oxidation sites excluding steroid dienone is 1. The first kappa shape index (κ1) is 24.4. The number of benzene rings is 2. The summed E-state index contributed by atoms with van der Waals surface area (Å²) in [6.07, 6.45) is 1.72. The van der Waals surface area contributed by atoms with Gasteiger partial charge in [-0.25, -0.2) is 4.98 Å². The zero-order valence-corrected chi connectivity index (χ0v) is 20.7. The summed E-state index contributed by atoms with van der Waals surface area (Å²) in [7, 11) is 0. The van der Waals surface area contributed by atoms with Gasteiger partial charge in [0.25, 0.3) is 5.91 Å². The van der Waals surface area contributed by atoms with Gasteiger partial charge in [0.15, 0.2) is 16.1 Å². The topological polar surface area (TPSA) is 102 Å². The molecule has 2 heterocycles. The van der Waals surface area contributed by atoms with Crippen molar-refractivity contribution in [1.29, 1.82) is 0 Å². The van der Waals surface area contributed by atoms with E-state index >= 15 is 0 Å². The average molecular weight is 505 g/mol. The summed E-state index contributed by atoms with van der Waals surface area (Å²) in [6, 6.07) is 17.2. The highest BCUT2D eigenvalue weighted by molar-refractivity contribution is 7.99. The largest absolute Gasteiger partial charge is 0.345 e. The van der Waals surface area contributed by atoms with Crippen LogP contribution in [0.15, 0.2) is 77.8 Å². The molecule has 0 spiro atoms. The van der Waals surface area contributed by atoms with E-state index < -0.39 is 0 Å². The fraction of sp³-hybridized carbons (Fsp3) is 0.160. The van der Waals surface area contributed by atoms with Crippen LogP contribution in [0.4, 0.5) is 5.13 Å². The lowest BCUT2D eigenvalue weighted by Gasteiger charge is -2.09. The Labute approximate surface area is 211 Å². The zero-order valence-electron chi connectivity index (χ0n) is 19.1. The number of anilines is 1. The third-order valence-corrected chi connectivity index (χ3v) is 6.67. The van der Waals surface area contributed by atoms with Crippen LogP contribution in [0.1, 0.15) is 21.7 Å². The van der Waals surface area contributed by atoms with Gasteiger partial charge in [-0.2, -0.15) is 0 Å². The van der Waals surface area contributed by atoms with Crippen LogP contribution in [0.2, 0.25) is 0 Å². The van der Waals surface area contributed by atoms with Crippen molar-refractivity contribution < 1.29 is 9.59 Å². The number of rotatable bonds is 10. The lowest BCUT2D eigenvalue weighted by molar-refractivity contribution is -0.113. The molecule has 35 heavy (non-hydrogen) atoms. The molecule has 0 atom stereocenters. The number of thiazole rings is 1. The smallest absolute Gasteiger partial charge is 0.251 e. The van der Waals surface area contributed by atoms with E-state index in [1.54, 1.807) is 12.1 Å². The standard InChI is InChI=1S/C25H24N6O2S2/c1-3-12-31-21(14-26-23(33)19-11-7-8-17(2)13-19)29-30-25(31)35-16-22(32)28-24-27-20(15-34-24)18-9-5-4-6-10-18/h3-11,13,15H,1,12,14,16H2,2H3,(H,26,33)(H,27,28,32). The molecule has 2 aromatic heterocycles. The molecule has 0 aliphatic carbocycles. The number of carbonyl (C=O) groups excluding carboxylic acids is 2. The van der Waals surface area contributed by atoms with Crippen molar-refractivity contribution >= 4 is 40.0 Å². The third-order valence-electron chi connectivity index (χ3n) is 4.94. The Morgan fingerprint density at radius 3 is 2.74 bits per heavy atom. The van der Waals surface area contributed by atoms with Crippen LogP contribution in [-0.4, -0.2) is 37.3 Å². The Balaban J connectivity index is 1.34. The van der Waals surface area contributed by atoms with Gasteiger partial charge in [0.2, 0.25) is 5.91 Å². The maximum atomic E-state index is 12.5. The average Bonchev–Trinajstić information content (AvgIpc) is 3.49. The summed E-state index contributed by atoms with van der Waals surface area (Å²) in [6.45, 7) is 6.40. The Morgan fingerprint density at radius 2 is 1.97 bits per heavy atom. The number of aromatic nitrogens is 4. The lowest BCUT2D eigenvalue weighted by atomic mass is 10.1. The summed E-state index contributed by atoms with van der Waals surface area (Å²) in [5.74, 6) is 0.354. The molecule has 4 rings (SSSR count). The van der Waals surface area contributed by atoms with Crippen LogP contribution < -0.4 is 10.6 Å². The first-order valence-electron chi connectivity index (χ1n) is 10.8. The molecule has 0 saturated heterocycles. The second-order valence-electron chi connectivity index (χ2n) is 7.59. The first-order chi connectivity index (χ1) is 17.0. The van der Waals surface area contributed by atoms with Crippen molar-refractivity contribution in [3.63, 3.8) is 0 Å². The molecule has 0 aliphatic heterocycles.